The first-order chi connectivity index (χ1) is 11.9. The second-order valence-electron chi connectivity index (χ2n) is 5.68. The summed E-state index contributed by atoms with van der Waals surface area (Å²) in [4.78, 5) is 39.2. The lowest BCUT2D eigenvalue weighted by molar-refractivity contribution is 0.102. The molecule has 2 N–H and O–H groups in total. The van der Waals surface area contributed by atoms with E-state index in [1.165, 1.54) is 12.1 Å². The second kappa shape index (κ2) is 6.57. The summed E-state index contributed by atoms with van der Waals surface area (Å²) in [7, 11) is 0. The van der Waals surface area contributed by atoms with Crippen LogP contribution in [0.25, 0.3) is 10.9 Å². The molecule has 6 nitrogen and oxygen atoms in total. The Morgan fingerprint density at radius 2 is 1.96 bits per heavy atom. The molecule has 0 aliphatic rings. The predicted octanol–water partition coefficient (Wildman–Crippen LogP) is 2.92. The number of carbonyl (C=O) groups is 1. The molecule has 0 atom stereocenters. The van der Waals surface area contributed by atoms with Crippen LogP contribution in [0.3, 0.4) is 0 Å². The van der Waals surface area contributed by atoms with Gasteiger partial charge in [-0.25, -0.2) is 4.79 Å². The smallest absolute Gasteiger partial charge is 0.321 e. The van der Waals surface area contributed by atoms with Crippen molar-refractivity contribution >= 4 is 34.1 Å². The molecule has 1 amide bonds. The Labute approximate surface area is 148 Å². The van der Waals surface area contributed by atoms with Gasteiger partial charge in [0, 0.05) is 12.1 Å². The van der Waals surface area contributed by atoms with Crippen molar-refractivity contribution in [2.75, 3.05) is 5.32 Å². The van der Waals surface area contributed by atoms with Gasteiger partial charge in [0.25, 0.3) is 11.5 Å². The van der Waals surface area contributed by atoms with Crippen LogP contribution in [0.15, 0.2) is 46.0 Å². The number of aromatic amines is 1. The van der Waals surface area contributed by atoms with Gasteiger partial charge >= 0.3 is 5.69 Å². The van der Waals surface area contributed by atoms with Crippen molar-refractivity contribution in [3.8, 4) is 0 Å². The zero-order valence-electron chi connectivity index (χ0n) is 13.7. The molecule has 0 aliphatic heterocycles. The van der Waals surface area contributed by atoms with E-state index >= 15 is 0 Å². The number of benzene rings is 2. The third-order valence-corrected chi connectivity index (χ3v) is 4.25. The lowest BCUT2D eigenvalue weighted by atomic mass is 10.1. The fraction of sp³-hybridized carbons (Fsp3) is 0.167. The summed E-state index contributed by atoms with van der Waals surface area (Å²) >= 11 is 6.12. The van der Waals surface area contributed by atoms with Crippen LogP contribution in [0.5, 0.6) is 0 Å². The molecule has 7 heteroatoms. The molecule has 0 radical (unpaired) electrons. The summed E-state index contributed by atoms with van der Waals surface area (Å²) in [6.45, 7) is 3.90. The van der Waals surface area contributed by atoms with Crippen LogP contribution >= 0.6 is 11.6 Å². The van der Waals surface area contributed by atoms with Crippen molar-refractivity contribution in [3.05, 3.63) is 73.4 Å². The van der Waals surface area contributed by atoms with Crippen LogP contribution in [0.4, 0.5) is 5.69 Å². The van der Waals surface area contributed by atoms with Crippen LogP contribution in [-0.2, 0) is 6.54 Å². The van der Waals surface area contributed by atoms with Gasteiger partial charge in [0.2, 0.25) is 0 Å². The Morgan fingerprint density at radius 1 is 1.20 bits per heavy atom. The highest BCUT2D eigenvalue weighted by Gasteiger charge is 2.12. The molecule has 0 unspecified atom stereocenters. The number of nitrogens with one attached hydrogen (secondary N) is 2. The first kappa shape index (κ1) is 17.0. The molecule has 0 bridgehead atoms. The van der Waals surface area contributed by atoms with E-state index in [2.05, 4.69) is 10.3 Å². The van der Waals surface area contributed by atoms with E-state index in [0.717, 1.165) is 10.1 Å². The fourth-order valence-electron chi connectivity index (χ4n) is 2.60. The number of fused-ring (bicyclic) bond motifs is 1. The van der Waals surface area contributed by atoms with Gasteiger partial charge in [0.05, 0.1) is 21.6 Å². The number of anilines is 1. The molecular formula is C18H16ClN3O3. The Morgan fingerprint density at radius 3 is 2.64 bits per heavy atom. The molecule has 0 saturated heterocycles. The van der Waals surface area contributed by atoms with Gasteiger partial charge in [-0.2, -0.15) is 0 Å². The number of carbonyl (C=O) groups excluding carboxylic acids is 1. The highest BCUT2D eigenvalue weighted by atomic mass is 35.5. The first-order valence-electron chi connectivity index (χ1n) is 7.75. The zero-order valence-corrected chi connectivity index (χ0v) is 14.5. The van der Waals surface area contributed by atoms with E-state index in [-0.39, 0.29) is 18.0 Å². The minimum atomic E-state index is -0.501. The minimum Gasteiger partial charge on any atom is -0.321 e. The maximum atomic E-state index is 12.4. The highest BCUT2D eigenvalue weighted by molar-refractivity contribution is 6.34. The largest absolute Gasteiger partial charge is 0.328 e. The Hall–Kier alpha value is -2.86. The number of aryl methyl sites for hydroxylation is 1. The van der Waals surface area contributed by atoms with Gasteiger partial charge in [0.15, 0.2) is 0 Å². The molecule has 0 spiro atoms. The normalized spacial score (nSPS) is 10.8. The molecule has 3 rings (SSSR count). The summed E-state index contributed by atoms with van der Waals surface area (Å²) < 4.78 is 1.11. The minimum absolute atomic E-state index is 0.276. The van der Waals surface area contributed by atoms with Crippen molar-refractivity contribution < 1.29 is 4.79 Å². The summed E-state index contributed by atoms with van der Waals surface area (Å²) in [6.07, 6.45) is 0. The van der Waals surface area contributed by atoms with Gasteiger partial charge in [-0.1, -0.05) is 17.7 Å². The molecule has 0 aliphatic carbocycles. The van der Waals surface area contributed by atoms with Crippen LogP contribution in [0.1, 0.15) is 22.8 Å². The second-order valence-corrected chi connectivity index (χ2v) is 6.08. The lowest BCUT2D eigenvalue weighted by Crippen LogP contribution is -2.34. The van der Waals surface area contributed by atoms with Gasteiger partial charge in [-0.15, -0.1) is 0 Å². The maximum Gasteiger partial charge on any atom is 0.328 e. The van der Waals surface area contributed by atoms with Crippen LogP contribution in [0.2, 0.25) is 5.02 Å². The number of amides is 1. The van der Waals surface area contributed by atoms with Crippen LogP contribution in [-0.4, -0.2) is 15.5 Å². The zero-order chi connectivity index (χ0) is 18.1. The average molecular weight is 358 g/mol. The third-order valence-electron chi connectivity index (χ3n) is 3.93. The number of H-pyrrole nitrogens is 1. The molecule has 0 saturated carbocycles. The fourth-order valence-corrected chi connectivity index (χ4v) is 2.88. The number of nitrogens with zero attached hydrogens (tertiary/aromatic N) is 1. The van der Waals surface area contributed by atoms with Crippen molar-refractivity contribution in [2.24, 2.45) is 0 Å². The van der Waals surface area contributed by atoms with E-state index < -0.39 is 5.69 Å². The first-order valence-corrected chi connectivity index (χ1v) is 8.13. The molecule has 1 aromatic heterocycles. The van der Waals surface area contributed by atoms with Crippen molar-refractivity contribution in [1.29, 1.82) is 0 Å². The summed E-state index contributed by atoms with van der Waals surface area (Å²) in [5.41, 5.74) is 1.23. The Balaban J connectivity index is 2.00. The average Bonchev–Trinajstić information content (AvgIpc) is 2.57. The van der Waals surface area contributed by atoms with Crippen LogP contribution < -0.4 is 16.6 Å². The van der Waals surface area contributed by atoms with Crippen molar-refractivity contribution in [2.45, 2.75) is 20.4 Å². The standard InChI is InChI=1S/C18H16ClN3O3/c1-3-22-17(24)12-6-5-11(9-15(12)21-18(22)25)16(23)20-14-7-4-10(2)8-13(14)19/h4-9H,3H2,1-2H3,(H,20,23)(H,21,25). The number of rotatable bonds is 3. The quantitative estimate of drug-likeness (QED) is 0.755. The molecule has 3 aromatic rings. The van der Waals surface area contributed by atoms with E-state index in [1.807, 2.05) is 13.0 Å². The summed E-state index contributed by atoms with van der Waals surface area (Å²) in [5, 5.41) is 3.52. The maximum absolute atomic E-state index is 12.4. The lowest BCUT2D eigenvalue weighted by Gasteiger charge is -2.09. The highest BCUT2D eigenvalue weighted by Crippen LogP contribution is 2.23. The topological polar surface area (TPSA) is 84.0 Å². The van der Waals surface area contributed by atoms with Gasteiger partial charge in [-0.05, 0) is 49.7 Å². The van der Waals surface area contributed by atoms with Crippen LogP contribution in [0, 0.1) is 6.92 Å². The molecule has 0 fully saturated rings. The third kappa shape index (κ3) is 3.21. The van der Waals surface area contributed by atoms with Crippen molar-refractivity contribution in [3.63, 3.8) is 0 Å². The Kier molecular flexibility index (Phi) is 4.46. The van der Waals surface area contributed by atoms with Gasteiger partial charge in [-0.3, -0.25) is 14.2 Å². The molecular weight excluding hydrogens is 342 g/mol. The van der Waals surface area contributed by atoms with E-state index in [0.29, 0.717) is 27.2 Å². The SMILES string of the molecule is CCn1c(=O)[nH]c2cc(C(=O)Nc3ccc(C)cc3Cl)ccc2c1=O. The van der Waals surface area contributed by atoms with E-state index in [4.69, 9.17) is 11.6 Å². The molecule has 25 heavy (non-hydrogen) atoms. The van der Waals surface area contributed by atoms with E-state index in [9.17, 15) is 14.4 Å². The molecule has 128 valence electrons. The summed E-state index contributed by atoms with van der Waals surface area (Å²) in [6, 6.07) is 9.87. The Bertz CT molecular complexity index is 1100. The molecule has 1 heterocycles. The van der Waals surface area contributed by atoms with E-state index in [1.54, 1.807) is 25.1 Å². The number of halogens is 1. The van der Waals surface area contributed by atoms with Crippen molar-refractivity contribution in [1.82, 2.24) is 9.55 Å². The van der Waals surface area contributed by atoms with Gasteiger partial charge < -0.3 is 10.3 Å². The summed E-state index contributed by atoms with van der Waals surface area (Å²) in [5.74, 6) is -0.381. The number of aromatic nitrogens is 2. The number of hydrogen-bond acceptors (Lipinski definition) is 3. The molecule has 2 aromatic carbocycles. The van der Waals surface area contributed by atoms with Gasteiger partial charge in [0.1, 0.15) is 0 Å². The number of hydrogen-bond donors (Lipinski definition) is 2. The predicted molar refractivity (Wildman–Crippen MR) is 98.6 cm³/mol. The monoisotopic (exact) mass is 357 g/mol.